The first kappa shape index (κ1) is 27.7. The molecule has 0 amide bonds. The van der Waals surface area contributed by atoms with E-state index in [-0.39, 0.29) is 79.0 Å². The summed E-state index contributed by atoms with van der Waals surface area (Å²) < 4.78 is 21.4. The summed E-state index contributed by atoms with van der Waals surface area (Å²) in [4.78, 5) is 47.7. The molecule has 1 fully saturated rings. The van der Waals surface area contributed by atoms with Crippen molar-refractivity contribution in [3.63, 3.8) is 0 Å². The van der Waals surface area contributed by atoms with Crippen LogP contribution in [0.1, 0.15) is 0 Å². The lowest BCUT2D eigenvalue weighted by Gasteiger charge is -2.26. The summed E-state index contributed by atoms with van der Waals surface area (Å²) in [6.07, 6.45) is 0. The van der Waals surface area contributed by atoms with E-state index >= 15 is 0 Å². The van der Waals surface area contributed by atoms with Crippen molar-refractivity contribution >= 4 is 23.9 Å². The highest BCUT2D eigenvalue weighted by molar-refractivity contribution is 5.97. The number of rotatable bonds is 6. The largest absolute Gasteiger partial charge is 0.480 e. The lowest BCUT2D eigenvalue weighted by atomic mass is 10.2. The van der Waals surface area contributed by atoms with Crippen LogP contribution >= 0.6 is 0 Å². The Morgan fingerprint density at radius 2 is 0.688 bits per heavy atom. The van der Waals surface area contributed by atoms with Crippen molar-refractivity contribution in [3.05, 3.63) is 0 Å². The average molecular weight is 466 g/mol. The number of carboxylic acids is 4. The van der Waals surface area contributed by atoms with Crippen molar-refractivity contribution in [1.82, 2.24) is 9.80 Å². The third-order valence-electron chi connectivity index (χ3n) is 4.50. The van der Waals surface area contributed by atoms with E-state index in [1.165, 1.54) is 9.80 Å². The van der Waals surface area contributed by atoms with Gasteiger partial charge in [0.05, 0.1) is 52.9 Å². The molecule has 0 atom stereocenters. The van der Waals surface area contributed by atoms with Gasteiger partial charge in [-0.05, 0) is 0 Å². The molecule has 1 heterocycles. The topological polar surface area (TPSA) is 193 Å². The first-order chi connectivity index (χ1) is 15.3. The van der Waals surface area contributed by atoms with Gasteiger partial charge in [0.1, 0.15) is 0 Å². The predicted molar refractivity (Wildman–Crippen MR) is 105 cm³/mol. The van der Waals surface area contributed by atoms with Crippen LogP contribution in [0.15, 0.2) is 0 Å². The lowest BCUT2D eigenvalue weighted by Crippen LogP contribution is -2.49. The fraction of sp³-hybridized carbons (Fsp3) is 0.778. The van der Waals surface area contributed by atoms with Crippen LogP contribution in [-0.4, -0.2) is 145 Å². The molecular formula is C18H30N2O12. The Morgan fingerprint density at radius 3 is 0.875 bits per heavy atom. The number of carbonyl (C=O) groups is 4. The minimum atomic E-state index is -1.73. The average Bonchev–Trinajstić information content (AvgIpc) is 2.69. The van der Waals surface area contributed by atoms with E-state index in [4.69, 9.17) is 18.9 Å². The molecule has 1 aliphatic rings. The Hall–Kier alpha value is -2.36. The molecule has 32 heavy (non-hydrogen) atoms. The number of carboxylic acid groups (broad SMARTS) is 4. The zero-order chi connectivity index (χ0) is 23.9. The first-order valence-corrected chi connectivity index (χ1v) is 9.96. The van der Waals surface area contributed by atoms with Crippen LogP contribution in [0.5, 0.6) is 0 Å². The number of ether oxygens (including phenoxy) is 4. The van der Waals surface area contributed by atoms with Crippen molar-refractivity contribution in [2.75, 3.05) is 79.0 Å². The van der Waals surface area contributed by atoms with Gasteiger partial charge in [-0.15, -0.1) is 0 Å². The molecule has 0 radical (unpaired) electrons. The van der Waals surface area contributed by atoms with Gasteiger partial charge in [-0.2, -0.15) is 0 Å². The molecule has 184 valence electrons. The van der Waals surface area contributed by atoms with Crippen LogP contribution in [0, 0.1) is 0 Å². The van der Waals surface area contributed by atoms with E-state index in [9.17, 15) is 39.6 Å². The van der Waals surface area contributed by atoms with E-state index in [1.54, 1.807) is 0 Å². The molecule has 1 aliphatic heterocycles. The van der Waals surface area contributed by atoms with Crippen LogP contribution in [0.3, 0.4) is 0 Å². The maximum absolute atomic E-state index is 11.3. The summed E-state index contributed by atoms with van der Waals surface area (Å²) in [5, 5.41) is 36.8. The number of hydrogen-bond acceptors (Lipinski definition) is 10. The zero-order valence-electron chi connectivity index (χ0n) is 17.6. The molecular weight excluding hydrogens is 436 g/mol. The number of hydrogen-bond donors (Lipinski definition) is 4. The van der Waals surface area contributed by atoms with Crippen molar-refractivity contribution in [1.29, 1.82) is 0 Å². The normalized spacial score (nSPS) is 19.8. The molecule has 0 aliphatic carbocycles. The van der Waals surface area contributed by atoms with E-state index in [2.05, 4.69) is 0 Å². The second-order valence-corrected chi connectivity index (χ2v) is 6.68. The van der Waals surface area contributed by atoms with Crippen LogP contribution < -0.4 is 0 Å². The summed E-state index contributed by atoms with van der Waals surface area (Å²) in [5.41, 5.74) is 0. The van der Waals surface area contributed by atoms with Crippen LogP contribution in [0.4, 0.5) is 0 Å². The van der Waals surface area contributed by atoms with Gasteiger partial charge in [-0.25, -0.2) is 19.2 Å². The minimum absolute atomic E-state index is 0.0375. The first-order valence-electron chi connectivity index (χ1n) is 9.96. The van der Waals surface area contributed by atoms with E-state index < -0.39 is 36.0 Å². The third-order valence-corrected chi connectivity index (χ3v) is 4.50. The fourth-order valence-corrected chi connectivity index (χ4v) is 2.95. The molecule has 14 heteroatoms. The van der Waals surface area contributed by atoms with Crippen molar-refractivity contribution < 1.29 is 58.6 Å². The predicted octanol–water partition coefficient (Wildman–Crippen LogP) is -2.25. The van der Waals surface area contributed by atoms with Gasteiger partial charge in [0.25, 0.3) is 0 Å². The molecule has 0 aromatic heterocycles. The van der Waals surface area contributed by atoms with Gasteiger partial charge >= 0.3 is 23.9 Å². The highest BCUT2D eigenvalue weighted by Gasteiger charge is 2.33. The fourth-order valence-electron chi connectivity index (χ4n) is 2.95. The van der Waals surface area contributed by atoms with Gasteiger partial charge in [0.15, 0.2) is 0 Å². The summed E-state index contributed by atoms with van der Waals surface area (Å²) in [6.45, 7) is 0.854. The molecule has 0 bridgehead atoms. The second kappa shape index (κ2) is 15.4. The van der Waals surface area contributed by atoms with Crippen LogP contribution in [0.25, 0.3) is 0 Å². The Bertz CT molecular complexity index is 517. The third kappa shape index (κ3) is 10.3. The molecule has 1 saturated heterocycles. The summed E-state index contributed by atoms with van der Waals surface area (Å²) in [5.74, 6) is -5.96. The van der Waals surface area contributed by atoms with Gasteiger partial charge in [0.2, 0.25) is 12.1 Å². The summed E-state index contributed by atoms with van der Waals surface area (Å²) >= 11 is 0. The molecule has 0 aromatic rings. The SMILES string of the molecule is O=C(O)C(C(=O)O)N1CCOCCOCCN(C(C(=O)O)C(=O)O)CCOCCOCC1. The summed E-state index contributed by atoms with van der Waals surface area (Å²) in [7, 11) is 0. The van der Waals surface area contributed by atoms with Gasteiger partial charge in [-0.3, -0.25) is 9.80 Å². The van der Waals surface area contributed by atoms with Gasteiger partial charge in [0, 0.05) is 26.2 Å². The van der Waals surface area contributed by atoms with E-state index in [0.717, 1.165) is 0 Å². The monoisotopic (exact) mass is 466 g/mol. The Balaban J connectivity index is 2.67. The Morgan fingerprint density at radius 1 is 0.469 bits per heavy atom. The minimum Gasteiger partial charge on any atom is -0.480 e. The van der Waals surface area contributed by atoms with Crippen LogP contribution in [-0.2, 0) is 38.1 Å². The molecule has 0 unspecified atom stereocenters. The number of nitrogens with zero attached hydrogens (tertiary/aromatic N) is 2. The van der Waals surface area contributed by atoms with Crippen LogP contribution in [0.2, 0.25) is 0 Å². The Kier molecular flexibility index (Phi) is 13.4. The molecule has 0 aromatic carbocycles. The molecule has 4 N–H and O–H groups in total. The molecule has 14 nitrogen and oxygen atoms in total. The molecule has 0 spiro atoms. The van der Waals surface area contributed by atoms with Crippen molar-refractivity contribution in [3.8, 4) is 0 Å². The van der Waals surface area contributed by atoms with E-state index in [0.29, 0.717) is 0 Å². The summed E-state index contributed by atoms with van der Waals surface area (Å²) in [6, 6.07) is -3.47. The lowest BCUT2D eigenvalue weighted by molar-refractivity contribution is -0.159. The highest BCUT2D eigenvalue weighted by atomic mass is 16.5. The molecule has 0 saturated carbocycles. The molecule has 1 rings (SSSR count). The van der Waals surface area contributed by atoms with Gasteiger partial charge < -0.3 is 39.4 Å². The maximum atomic E-state index is 11.3. The highest BCUT2D eigenvalue weighted by Crippen LogP contribution is 2.04. The van der Waals surface area contributed by atoms with Crippen molar-refractivity contribution in [2.45, 2.75) is 12.1 Å². The number of aliphatic carboxylic acids is 4. The standard InChI is InChI=1S/C18H30N2O12/c21-15(22)13(16(23)24)19-1-5-29-9-10-31-7-3-20(14(17(25)26)18(27)28)4-8-32-12-11-30-6-2-19/h13-14H,1-12H2,(H,21,22)(H,23,24)(H,25,26)(H,27,28). The zero-order valence-corrected chi connectivity index (χ0v) is 17.6. The second-order valence-electron chi connectivity index (χ2n) is 6.68. The van der Waals surface area contributed by atoms with E-state index in [1.807, 2.05) is 0 Å². The quantitative estimate of drug-likeness (QED) is 0.307. The van der Waals surface area contributed by atoms with Crippen molar-refractivity contribution in [2.24, 2.45) is 0 Å². The maximum Gasteiger partial charge on any atom is 0.332 e. The smallest absolute Gasteiger partial charge is 0.332 e. The Labute approximate surface area is 184 Å². The van der Waals surface area contributed by atoms with Gasteiger partial charge in [-0.1, -0.05) is 0 Å².